The molecule has 0 aliphatic heterocycles. The first-order valence-corrected chi connectivity index (χ1v) is 10.7. The summed E-state index contributed by atoms with van der Waals surface area (Å²) in [6, 6.07) is 17.1. The summed E-state index contributed by atoms with van der Waals surface area (Å²) in [5.41, 5.74) is 3.26. The topological polar surface area (TPSA) is 73.6 Å². The van der Waals surface area contributed by atoms with Gasteiger partial charge in [0.05, 0.1) is 5.56 Å². The van der Waals surface area contributed by atoms with Crippen LogP contribution in [0.3, 0.4) is 0 Å². The molecule has 0 amide bonds. The number of imidazole rings is 1. The summed E-state index contributed by atoms with van der Waals surface area (Å²) in [4.78, 5) is 28.3. The van der Waals surface area contributed by atoms with Crippen LogP contribution in [0.2, 0.25) is 0 Å². The maximum Gasteiger partial charge on any atom is 0.231 e. The number of carbonyl (C=O) groups is 1. The van der Waals surface area contributed by atoms with Gasteiger partial charge in [-0.25, -0.2) is 14.4 Å². The highest BCUT2D eigenvalue weighted by molar-refractivity contribution is 6.06. The summed E-state index contributed by atoms with van der Waals surface area (Å²) in [6.07, 6.45) is 7.46. The Bertz CT molecular complexity index is 1450. The Hall–Kier alpha value is -4.59. The Morgan fingerprint density at radius 2 is 1.63 bits per heavy atom. The Morgan fingerprint density at radius 3 is 2.31 bits per heavy atom. The summed E-state index contributed by atoms with van der Waals surface area (Å²) in [6.45, 7) is 3.85. The van der Waals surface area contributed by atoms with Crippen molar-refractivity contribution in [3.05, 3.63) is 126 Å². The van der Waals surface area contributed by atoms with E-state index in [0.717, 1.165) is 23.5 Å². The number of aromatic nitrogens is 5. The van der Waals surface area contributed by atoms with Crippen LogP contribution >= 0.6 is 0 Å². The van der Waals surface area contributed by atoms with Gasteiger partial charge in [-0.15, -0.1) is 0 Å². The third-order valence-electron chi connectivity index (χ3n) is 5.06. The Labute approximate surface area is 201 Å². The van der Waals surface area contributed by atoms with Crippen molar-refractivity contribution in [1.29, 1.82) is 0 Å². The van der Waals surface area contributed by atoms with Crippen LogP contribution in [0, 0.1) is 25.6 Å². The van der Waals surface area contributed by atoms with E-state index in [1.165, 1.54) is 6.33 Å². The van der Waals surface area contributed by atoms with Crippen LogP contribution in [0.5, 0.6) is 0 Å². The molecule has 0 atom stereocenters. The second kappa shape index (κ2) is 10.6. The average molecular weight is 469 g/mol. The van der Waals surface area contributed by atoms with E-state index in [1.54, 1.807) is 59.6 Å². The summed E-state index contributed by atoms with van der Waals surface area (Å²) in [5.74, 6) is -1.89. The minimum absolute atomic E-state index is 0.204. The molecule has 4 aromatic heterocycles. The van der Waals surface area contributed by atoms with E-state index in [9.17, 15) is 13.6 Å². The van der Waals surface area contributed by atoms with Gasteiger partial charge in [-0.05, 0) is 67.4 Å². The maximum atomic E-state index is 14.0. The number of hydrogen-bond acceptors (Lipinski definition) is 5. The number of ketones is 1. The molecule has 0 radical (unpaired) electrons. The minimum Gasteiger partial charge on any atom is -0.306 e. The molecule has 0 spiro atoms. The zero-order valence-corrected chi connectivity index (χ0v) is 19.1. The van der Waals surface area contributed by atoms with Crippen molar-refractivity contribution >= 4 is 5.78 Å². The SMILES string of the molecule is Cc1ccccn1.Cc1ccnc(C(=O)c2cn(-c3cccc(-c4c(F)ccnc4F)c3)cn2)c1. The fourth-order valence-electron chi connectivity index (χ4n) is 3.31. The number of rotatable bonds is 4. The summed E-state index contributed by atoms with van der Waals surface area (Å²) in [5, 5.41) is 0. The Balaban J connectivity index is 0.000000356. The lowest BCUT2D eigenvalue weighted by molar-refractivity contribution is 0.103. The molecule has 35 heavy (non-hydrogen) atoms. The van der Waals surface area contributed by atoms with Gasteiger partial charge in [0.25, 0.3) is 0 Å². The monoisotopic (exact) mass is 469 g/mol. The van der Waals surface area contributed by atoms with Crippen molar-refractivity contribution in [1.82, 2.24) is 24.5 Å². The van der Waals surface area contributed by atoms with E-state index in [4.69, 9.17) is 0 Å². The summed E-state index contributed by atoms with van der Waals surface area (Å²) >= 11 is 0. The molecule has 4 heterocycles. The predicted octanol–water partition coefficient (Wildman–Crippen LogP) is 5.54. The van der Waals surface area contributed by atoms with Crippen molar-refractivity contribution in [2.45, 2.75) is 13.8 Å². The van der Waals surface area contributed by atoms with Crippen LogP contribution < -0.4 is 0 Å². The first-order valence-electron chi connectivity index (χ1n) is 10.7. The van der Waals surface area contributed by atoms with Crippen LogP contribution in [-0.4, -0.2) is 30.3 Å². The molecule has 0 aliphatic rings. The van der Waals surface area contributed by atoms with E-state index in [2.05, 4.69) is 19.9 Å². The van der Waals surface area contributed by atoms with Gasteiger partial charge in [-0.2, -0.15) is 4.39 Å². The molecule has 0 saturated heterocycles. The standard InChI is InChI=1S/C21H14F2N4O.C6H7N/c1-13-5-7-24-17(9-13)20(28)18-11-27(12-26-18)15-4-2-3-14(10-15)19-16(22)6-8-25-21(19)23;1-6-4-2-3-5-7-6/h2-12H,1H3;2-5H,1H3. The lowest BCUT2D eigenvalue weighted by Crippen LogP contribution is -2.04. The molecule has 0 saturated carbocycles. The molecule has 0 unspecified atom stereocenters. The number of pyridine rings is 3. The average Bonchev–Trinajstić information content (AvgIpc) is 3.35. The van der Waals surface area contributed by atoms with Gasteiger partial charge in [-0.3, -0.25) is 14.8 Å². The van der Waals surface area contributed by atoms with Crippen LogP contribution in [-0.2, 0) is 0 Å². The van der Waals surface area contributed by atoms with Crippen molar-refractivity contribution in [2.24, 2.45) is 0 Å². The van der Waals surface area contributed by atoms with Crippen LogP contribution in [0.25, 0.3) is 16.8 Å². The van der Waals surface area contributed by atoms with Crippen LogP contribution in [0.1, 0.15) is 27.4 Å². The molecule has 5 rings (SSSR count). The molecule has 0 aliphatic carbocycles. The third-order valence-corrected chi connectivity index (χ3v) is 5.06. The number of halogens is 2. The fraction of sp³-hybridized carbons (Fsp3) is 0.0741. The van der Waals surface area contributed by atoms with E-state index in [1.807, 2.05) is 32.0 Å². The zero-order valence-electron chi connectivity index (χ0n) is 19.1. The van der Waals surface area contributed by atoms with Crippen molar-refractivity contribution in [3.63, 3.8) is 0 Å². The number of carbonyl (C=O) groups excluding carboxylic acids is 1. The second-order valence-electron chi connectivity index (χ2n) is 7.69. The highest BCUT2D eigenvalue weighted by atomic mass is 19.1. The highest BCUT2D eigenvalue weighted by Crippen LogP contribution is 2.26. The minimum atomic E-state index is -0.885. The van der Waals surface area contributed by atoms with Crippen LogP contribution in [0.4, 0.5) is 8.78 Å². The highest BCUT2D eigenvalue weighted by Gasteiger charge is 2.16. The zero-order chi connectivity index (χ0) is 24.8. The molecule has 6 nitrogen and oxygen atoms in total. The molecule has 0 bridgehead atoms. The molecule has 0 fully saturated rings. The molecule has 8 heteroatoms. The van der Waals surface area contributed by atoms with Gasteiger partial charge in [0.1, 0.15) is 23.5 Å². The smallest absolute Gasteiger partial charge is 0.231 e. The maximum absolute atomic E-state index is 14.0. The van der Waals surface area contributed by atoms with E-state index < -0.39 is 11.8 Å². The number of nitrogens with zero attached hydrogens (tertiary/aromatic N) is 5. The molecule has 0 N–H and O–H groups in total. The second-order valence-corrected chi connectivity index (χ2v) is 7.69. The van der Waals surface area contributed by atoms with E-state index in [0.29, 0.717) is 16.9 Å². The largest absolute Gasteiger partial charge is 0.306 e. The molecule has 1 aromatic carbocycles. The number of hydrogen-bond donors (Lipinski definition) is 0. The van der Waals surface area contributed by atoms with E-state index >= 15 is 0 Å². The van der Waals surface area contributed by atoms with Crippen molar-refractivity contribution in [3.8, 4) is 16.8 Å². The Kier molecular flexibility index (Phi) is 7.11. The van der Waals surface area contributed by atoms with Gasteiger partial charge in [0, 0.05) is 36.2 Å². The fourth-order valence-corrected chi connectivity index (χ4v) is 3.31. The lowest BCUT2D eigenvalue weighted by Gasteiger charge is -2.07. The van der Waals surface area contributed by atoms with Gasteiger partial charge < -0.3 is 4.57 Å². The number of aryl methyl sites for hydroxylation is 2. The van der Waals surface area contributed by atoms with Gasteiger partial charge in [-0.1, -0.05) is 18.2 Å². The normalized spacial score (nSPS) is 10.4. The first kappa shape index (κ1) is 23.6. The predicted molar refractivity (Wildman–Crippen MR) is 128 cm³/mol. The Morgan fingerprint density at radius 1 is 0.800 bits per heavy atom. The quantitative estimate of drug-likeness (QED) is 0.255. The molecule has 5 aromatic rings. The summed E-state index contributed by atoms with van der Waals surface area (Å²) in [7, 11) is 0. The van der Waals surface area contributed by atoms with Crippen molar-refractivity contribution in [2.75, 3.05) is 0 Å². The number of benzene rings is 1. The van der Waals surface area contributed by atoms with Crippen molar-refractivity contribution < 1.29 is 13.6 Å². The van der Waals surface area contributed by atoms with Crippen LogP contribution in [0.15, 0.2) is 91.8 Å². The van der Waals surface area contributed by atoms with Gasteiger partial charge in [0.2, 0.25) is 11.7 Å². The molecule has 174 valence electrons. The van der Waals surface area contributed by atoms with Gasteiger partial charge in [0.15, 0.2) is 0 Å². The third kappa shape index (κ3) is 5.67. The molecular weight excluding hydrogens is 448 g/mol. The van der Waals surface area contributed by atoms with E-state index in [-0.39, 0.29) is 17.0 Å². The molecular formula is C27H21F2N5O. The first-order chi connectivity index (χ1) is 16.9. The van der Waals surface area contributed by atoms with Gasteiger partial charge >= 0.3 is 0 Å². The summed E-state index contributed by atoms with van der Waals surface area (Å²) < 4.78 is 29.6. The lowest BCUT2D eigenvalue weighted by atomic mass is 10.1.